The van der Waals surface area contributed by atoms with Crippen LogP contribution in [0.3, 0.4) is 0 Å². The van der Waals surface area contributed by atoms with Crippen LogP contribution in [-0.2, 0) is 0 Å². The van der Waals surface area contributed by atoms with Gasteiger partial charge in [0.2, 0.25) is 0 Å². The van der Waals surface area contributed by atoms with E-state index in [-0.39, 0.29) is 5.92 Å². The van der Waals surface area contributed by atoms with E-state index in [4.69, 9.17) is 5.73 Å². The van der Waals surface area contributed by atoms with E-state index >= 15 is 0 Å². The van der Waals surface area contributed by atoms with Crippen LogP contribution in [-0.4, -0.2) is 11.7 Å². The molecule has 3 N–H and O–H groups in total. The summed E-state index contributed by atoms with van der Waals surface area (Å²) in [5.74, 6) is -1.22. The molecule has 7 heteroatoms. The molecule has 0 saturated heterocycles. The lowest BCUT2D eigenvalue weighted by Crippen LogP contribution is -2.27. The number of nitrogens with two attached hydrogens (primary N) is 1. The lowest BCUT2D eigenvalue weighted by atomic mass is 9.79. The molecule has 1 aromatic carbocycles. The predicted molar refractivity (Wildman–Crippen MR) is 106 cm³/mol. The van der Waals surface area contributed by atoms with E-state index < -0.39 is 11.9 Å². The second kappa shape index (κ2) is 8.98. The molecule has 2 amide bonds. The summed E-state index contributed by atoms with van der Waals surface area (Å²) in [5.41, 5.74) is 12.2. The zero-order chi connectivity index (χ0) is 20.0. The molecule has 1 aromatic heterocycles. The van der Waals surface area contributed by atoms with Gasteiger partial charge in [-0.05, 0) is 48.9 Å². The zero-order valence-corrected chi connectivity index (χ0v) is 16.3. The number of benzene rings is 1. The molecule has 0 bridgehead atoms. The third-order valence-corrected chi connectivity index (χ3v) is 5.23. The Morgan fingerprint density at radius 2 is 1.89 bits per heavy atom. The topological polar surface area (TPSA) is 115 Å². The van der Waals surface area contributed by atoms with Gasteiger partial charge in [-0.2, -0.15) is 15.6 Å². The van der Waals surface area contributed by atoms with Crippen molar-refractivity contribution in [1.29, 1.82) is 10.5 Å². The molecule has 138 valence electrons. The molecule has 1 heterocycles. The van der Waals surface area contributed by atoms with E-state index in [0.717, 1.165) is 27.1 Å². The van der Waals surface area contributed by atoms with Gasteiger partial charge in [0, 0.05) is 12.3 Å². The van der Waals surface area contributed by atoms with Crippen molar-refractivity contribution in [1.82, 2.24) is 5.43 Å². The van der Waals surface area contributed by atoms with Gasteiger partial charge in [0.25, 0.3) is 0 Å². The van der Waals surface area contributed by atoms with Gasteiger partial charge in [0.15, 0.2) is 0 Å². The van der Waals surface area contributed by atoms with Gasteiger partial charge in [-0.25, -0.2) is 10.2 Å². The number of amides is 2. The summed E-state index contributed by atoms with van der Waals surface area (Å²) >= 11 is 1.47. The Labute approximate surface area is 162 Å². The Morgan fingerprint density at radius 3 is 2.37 bits per heavy atom. The second-order valence-corrected chi connectivity index (χ2v) is 7.32. The molecule has 0 saturated carbocycles. The van der Waals surface area contributed by atoms with Crippen LogP contribution in [0.2, 0.25) is 0 Å². The number of thiophene rings is 1. The largest absolute Gasteiger partial charge is 0.350 e. The van der Waals surface area contributed by atoms with Crippen LogP contribution in [0.4, 0.5) is 4.79 Å². The molecule has 0 unspecified atom stereocenters. The van der Waals surface area contributed by atoms with Crippen LogP contribution in [0.15, 0.2) is 34.7 Å². The highest BCUT2D eigenvalue weighted by atomic mass is 32.1. The Balaban J connectivity index is 2.55. The Morgan fingerprint density at radius 1 is 1.26 bits per heavy atom. The smallest absolute Gasteiger partial charge is 0.332 e. The first-order valence-electron chi connectivity index (χ1n) is 8.40. The summed E-state index contributed by atoms with van der Waals surface area (Å²) in [6.45, 7) is 5.98. The maximum Gasteiger partial charge on any atom is 0.332 e. The molecular weight excluding hydrogens is 358 g/mol. The normalized spacial score (nSPS) is 12.3. The minimum Gasteiger partial charge on any atom is -0.350 e. The van der Waals surface area contributed by atoms with Crippen molar-refractivity contribution in [2.75, 3.05) is 0 Å². The third-order valence-electron chi connectivity index (χ3n) is 4.31. The molecule has 1 atom stereocenters. The van der Waals surface area contributed by atoms with Gasteiger partial charge in [-0.3, -0.25) is 0 Å². The van der Waals surface area contributed by atoms with E-state index in [1.165, 1.54) is 11.3 Å². The van der Waals surface area contributed by atoms with Crippen LogP contribution in [0, 0.1) is 49.4 Å². The fraction of sp³-hybridized carbons (Fsp3) is 0.300. The molecule has 2 rings (SSSR count). The van der Waals surface area contributed by atoms with Gasteiger partial charge in [0.05, 0.1) is 22.7 Å². The molecule has 0 aliphatic heterocycles. The Bertz CT molecular complexity index is 897. The number of primary amides is 1. The van der Waals surface area contributed by atoms with E-state index in [0.29, 0.717) is 12.1 Å². The number of hydrogen-bond acceptors (Lipinski definition) is 5. The minimum atomic E-state index is -0.844. The summed E-state index contributed by atoms with van der Waals surface area (Å²) in [7, 11) is 0. The summed E-state index contributed by atoms with van der Waals surface area (Å²) in [6, 6.07) is 11.3. The fourth-order valence-corrected chi connectivity index (χ4v) is 4.07. The first kappa shape index (κ1) is 20.2. The molecular formula is C20H21N5OS. The average molecular weight is 379 g/mol. The van der Waals surface area contributed by atoms with Gasteiger partial charge in [0.1, 0.15) is 5.92 Å². The molecule has 0 fully saturated rings. The van der Waals surface area contributed by atoms with E-state index in [2.05, 4.69) is 22.7 Å². The maximum atomic E-state index is 11.1. The van der Waals surface area contributed by atoms with Crippen LogP contribution < -0.4 is 11.2 Å². The summed E-state index contributed by atoms with van der Waals surface area (Å²) in [4.78, 5) is 12.0. The number of aryl methyl sites for hydroxylation is 3. The van der Waals surface area contributed by atoms with Crippen molar-refractivity contribution in [3.63, 3.8) is 0 Å². The van der Waals surface area contributed by atoms with Crippen molar-refractivity contribution in [2.24, 2.45) is 16.8 Å². The molecule has 27 heavy (non-hydrogen) atoms. The van der Waals surface area contributed by atoms with Gasteiger partial charge < -0.3 is 5.73 Å². The van der Waals surface area contributed by atoms with Crippen LogP contribution in [0.5, 0.6) is 0 Å². The number of nitriles is 2. The number of carbonyl (C=O) groups excluding carboxylic acids is 1. The Kier molecular flexibility index (Phi) is 6.70. The highest BCUT2D eigenvalue weighted by molar-refractivity contribution is 7.12. The Hall–Kier alpha value is -3.16. The van der Waals surface area contributed by atoms with Crippen molar-refractivity contribution in [2.45, 2.75) is 33.1 Å². The summed E-state index contributed by atoms with van der Waals surface area (Å²) in [5, 5.41) is 25.2. The standard InChI is InChI=1S/C20H21N5OS/c1-12-7-13(2)19(14(3)8-12)16(15(10-21)11-22)9-17(24-25-20(23)26)18-5-4-6-27-18/h4-8,15-16H,9H2,1-3H3,(H3,23,25,26)/b24-17-/t16-/m0/s1. The monoisotopic (exact) mass is 379 g/mol. The second-order valence-electron chi connectivity index (χ2n) is 6.37. The molecule has 0 aliphatic rings. The summed E-state index contributed by atoms with van der Waals surface area (Å²) in [6.07, 6.45) is 0.331. The van der Waals surface area contributed by atoms with Gasteiger partial charge in [-0.15, -0.1) is 11.3 Å². The fourth-order valence-electron chi connectivity index (χ4n) is 3.35. The van der Waals surface area contributed by atoms with Crippen molar-refractivity contribution in [3.05, 3.63) is 56.8 Å². The zero-order valence-electron chi connectivity index (χ0n) is 15.5. The van der Waals surface area contributed by atoms with E-state index in [9.17, 15) is 15.3 Å². The first-order chi connectivity index (χ1) is 12.9. The molecule has 6 nitrogen and oxygen atoms in total. The number of hydrazone groups is 1. The molecule has 2 aromatic rings. The number of hydrogen-bond donors (Lipinski definition) is 2. The van der Waals surface area contributed by atoms with Crippen LogP contribution >= 0.6 is 11.3 Å². The van der Waals surface area contributed by atoms with Gasteiger partial charge in [-0.1, -0.05) is 23.8 Å². The average Bonchev–Trinajstić information content (AvgIpc) is 3.12. The molecule has 0 spiro atoms. The summed E-state index contributed by atoms with van der Waals surface area (Å²) < 4.78 is 0. The number of nitrogens with zero attached hydrogens (tertiary/aromatic N) is 3. The highest BCUT2D eigenvalue weighted by Crippen LogP contribution is 2.35. The lowest BCUT2D eigenvalue weighted by molar-refractivity contribution is 0.249. The number of rotatable bonds is 6. The predicted octanol–water partition coefficient (Wildman–Crippen LogP) is 3.88. The first-order valence-corrected chi connectivity index (χ1v) is 9.28. The van der Waals surface area contributed by atoms with Crippen LogP contribution in [0.25, 0.3) is 0 Å². The third kappa shape index (κ3) is 4.93. The number of urea groups is 1. The van der Waals surface area contributed by atoms with E-state index in [1.807, 2.05) is 50.4 Å². The van der Waals surface area contributed by atoms with Crippen molar-refractivity contribution < 1.29 is 4.79 Å². The highest BCUT2D eigenvalue weighted by Gasteiger charge is 2.28. The number of nitrogens with one attached hydrogen (secondary N) is 1. The van der Waals surface area contributed by atoms with Crippen LogP contribution in [0.1, 0.15) is 39.5 Å². The lowest BCUT2D eigenvalue weighted by Gasteiger charge is -2.23. The van der Waals surface area contributed by atoms with Gasteiger partial charge >= 0.3 is 6.03 Å². The van der Waals surface area contributed by atoms with E-state index in [1.54, 1.807) is 0 Å². The van der Waals surface area contributed by atoms with Crippen molar-refractivity contribution in [3.8, 4) is 12.1 Å². The number of carbonyl (C=O) groups is 1. The molecule has 0 radical (unpaired) electrons. The quantitative estimate of drug-likeness (QED) is 0.586. The van der Waals surface area contributed by atoms with Crippen molar-refractivity contribution >= 4 is 23.1 Å². The molecule has 0 aliphatic carbocycles. The maximum absolute atomic E-state index is 11.1. The minimum absolute atomic E-state index is 0.331. The SMILES string of the molecule is Cc1cc(C)c([C@@H](C/C(=N/NC(N)=O)c2cccs2)C(C#N)C#N)c(C)c1.